The van der Waals surface area contributed by atoms with Crippen molar-refractivity contribution in [1.29, 1.82) is 0 Å². The summed E-state index contributed by atoms with van der Waals surface area (Å²) in [6.45, 7) is 8.53. The number of rotatable bonds is 7. The van der Waals surface area contributed by atoms with Gasteiger partial charge in [0.2, 0.25) is 0 Å². The summed E-state index contributed by atoms with van der Waals surface area (Å²) in [5.74, 6) is 1.40. The number of guanidine groups is 1. The first-order valence-electron chi connectivity index (χ1n) is 8.64. The predicted molar refractivity (Wildman–Crippen MR) is 118 cm³/mol. The monoisotopic (exact) mass is 469 g/mol. The molecule has 26 heavy (non-hydrogen) atoms. The first kappa shape index (κ1) is 22.1. The molecular weight excluding hydrogens is 441 g/mol. The molecular formula is C20H28IN3O2. The maximum absolute atomic E-state index is 9.77. The van der Waals surface area contributed by atoms with Gasteiger partial charge in [0.1, 0.15) is 0 Å². The van der Waals surface area contributed by atoms with Gasteiger partial charge in [0.25, 0.3) is 0 Å². The number of hydrogen-bond acceptors (Lipinski definition) is 3. The van der Waals surface area contributed by atoms with Crippen molar-refractivity contribution in [3.63, 3.8) is 0 Å². The number of benzene rings is 2. The summed E-state index contributed by atoms with van der Waals surface area (Å²) >= 11 is 0. The van der Waals surface area contributed by atoms with Crippen molar-refractivity contribution in [2.24, 2.45) is 4.99 Å². The molecule has 0 heterocycles. The highest BCUT2D eigenvalue weighted by molar-refractivity contribution is 14.0. The number of halogens is 1. The third-order valence-corrected chi connectivity index (χ3v) is 3.67. The Morgan fingerprint density at radius 1 is 1.04 bits per heavy atom. The van der Waals surface area contributed by atoms with Crippen LogP contribution in [0.2, 0.25) is 0 Å². The summed E-state index contributed by atoms with van der Waals surface area (Å²) in [5, 5.41) is 16.4. The molecule has 0 spiro atoms. The van der Waals surface area contributed by atoms with Crippen LogP contribution in [0.15, 0.2) is 47.5 Å². The average Bonchev–Trinajstić information content (AvgIpc) is 2.61. The number of nitrogens with one attached hydrogen (secondary N) is 2. The molecule has 0 aliphatic carbocycles. The third kappa shape index (κ3) is 7.11. The van der Waals surface area contributed by atoms with Crippen molar-refractivity contribution in [3.8, 4) is 11.5 Å². The fourth-order valence-corrected chi connectivity index (χ4v) is 2.33. The van der Waals surface area contributed by atoms with Gasteiger partial charge in [0.15, 0.2) is 17.5 Å². The van der Waals surface area contributed by atoms with E-state index in [1.54, 1.807) is 6.07 Å². The van der Waals surface area contributed by atoms with Gasteiger partial charge in [0.05, 0.1) is 13.2 Å². The van der Waals surface area contributed by atoms with Gasteiger partial charge in [-0.1, -0.05) is 35.9 Å². The van der Waals surface area contributed by atoms with Gasteiger partial charge in [-0.2, -0.15) is 0 Å². The van der Waals surface area contributed by atoms with Gasteiger partial charge in [-0.05, 0) is 44.0 Å². The molecule has 0 fully saturated rings. The molecule has 2 aromatic carbocycles. The number of aromatic hydroxyl groups is 1. The van der Waals surface area contributed by atoms with Gasteiger partial charge >= 0.3 is 0 Å². The highest BCUT2D eigenvalue weighted by Gasteiger charge is 2.04. The second-order valence-corrected chi connectivity index (χ2v) is 5.77. The van der Waals surface area contributed by atoms with Gasteiger partial charge in [0, 0.05) is 13.1 Å². The Kier molecular flexibility index (Phi) is 9.87. The molecule has 0 aliphatic rings. The van der Waals surface area contributed by atoms with Crippen LogP contribution in [0.25, 0.3) is 0 Å². The van der Waals surface area contributed by atoms with Crippen LogP contribution in [0, 0.1) is 6.92 Å². The van der Waals surface area contributed by atoms with Crippen LogP contribution in [0.1, 0.15) is 30.5 Å². The Bertz CT molecular complexity index is 703. The molecule has 0 amide bonds. The van der Waals surface area contributed by atoms with E-state index in [1.807, 2.05) is 26.0 Å². The molecule has 0 saturated heterocycles. The Hall–Kier alpha value is -1.96. The number of aliphatic imine (C=N–C) groups is 1. The first-order chi connectivity index (χ1) is 12.1. The molecule has 3 N–H and O–H groups in total. The number of ether oxygens (including phenoxy) is 1. The molecule has 0 saturated carbocycles. The van der Waals surface area contributed by atoms with Crippen LogP contribution in [0.3, 0.4) is 0 Å². The maximum Gasteiger partial charge on any atom is 0.191 e. The Morgan fingerprint density at radius 2 is 1.73 bits per heavy atom. The van der Waals surface area contributed by atoms with E-state index in [0.717, 1.165) is 18.1 Å². The van der Waals surface area contributed by atoms with Crippen LogP contribution < -0.4 is 15.4 Å². The van der Waals surface area contributed by atoms with Crippen molar-refractivity contribution >= 4 is 29.9 Å². The van der Waals surface area contributed by atoms with E-state index >= 15 is 0 Å². The van der Waals surface area contributed by atoms with Gasteiger partial charge in [-0.15, -0.1) is 24.0 Å². The fourth-order valence-electron chi connectivity index (χ4n) is 2.33. The molecule has 2 aromatic rings. The second kappa shape index (κ2) is 11.6. The number of phenols is 1. The van der Waals surface area contributed by atoms with Crippen LogP contribution in [0.4, 0.5) is 0 Å². The molecule has 0 bridgehead atoms. The molecule has 0 aromatic heterocycles. The molecule has 0 aliphatic heterocycles. The summed E-state index contributed by atoms with van der Waals surface area (Å²) < 4.78 is 5.42. The van der Waals surface area contributed by atoms with E-state index in [4.69, 9.17) is 4.74 Å². The summed E-state index contributed by atoms with van der Waals surface area (Å²) in [7, 11) is 0. The number of hydrogen-bond donors (Lipinski definition) is 3. The van der Waals surface area contributed by atoms with Gasteiger partial charge in [-0.3, -0.25) is 0 Å². The van der Waals surface area contributed by atoms with Crippen molar-refractivity contribution < 1.29 is 9.84 Å². The zero-order valence-electron chi connectivity index (χ0n) is 15.6. The molecule has 6 heteroatoms. The minimum atomic E-state index is 0. The van der Waals surface area contributed by atoms with Crippen LogP contribution >= 0.6 is 24.0 Å². The highest BCUT2D eigenvalue weighted by atomic mass is 127. The Labute approximate surface area is 172 Å². The molecule has 5 nitrogen and oxygen atoms in total. The lowest BCUT2D eigenvalue weighted by molar-refractivity contribution is 0.318. The van der Waals surface area contributed by atoms with Gasteiger partial charge < -0.3 is 20.5 Å². The summed E-state index contributed by atoms with van der Waals surface area (Å²) in [6.07, 6.45) is 0. The van der Waals surface area contributed by atoms with Crippen LogP contribution in [-0.4, -0.2) is 24.2 Å². The summed E-state index contributed by atoms with van der Waals surface area (Å²) in [4.78, 5) is 4.60. The molecule has 0 unspecified atom stereocenters. The molecule has 0 atom stereocenters. The molecule has 142 valence electrons. The van der Waals surface area contributed by atoms with E-state index < -0.39 is 0 Å². The van der Waals surface area contributed by atoms with Crippen molar-refractivity contribution in [2.75, 3.05) is 13.2 Å². The van der Waals surface area contributed by atoms with E-state index in [-0.39, 0.29) is 29.7 Å². The maximum atomic E-state index is 9.77. The lowest BCUT2D eigenvalue weighted by Gasteiger charge is -2.12. The average molecular weight is 469 g/mol. The summed E-state index contributed by atoms with van der Waals surface area (Å²) in [5.41, 5.74) is 3.44. The largest absolute Gasteiger partial charge is 0.504 e. The smallest absolute Gasteiger partial charge is 0.191 e. The van der Waals surface area contributed by atoms with Crippen molar-refractivity contribution in [3.05, 3.63) is 59.2 Å². The van der Waals surface area contributed by atoms with E-state index in [2.05, 4.69) is 46.8 Å². The minimum absolute atomic E-state index is 0. The van der Waals surface area contributed by atoms with Crippen molar-refractivity contribution in [1.82, 2.24) is 10.6 Å². The van der Waals surface area contributed by atoms with Gasteiger partial charge in [-0.25, -0.2) is 4.99 Å². The number of aryl methyl sites for hydroxylation is 1. The number of nitrogens with zero attached hydrogens (tertiary/aromatic N) is 1. The SMILES string of the molecule is CCNC(=NCc1ccc(O)c(OCC)c1)NCc1ccc(C)cc1.I. The van der Waals surface area contributed by atoms with Crippen LogP contribution in [0.5, 0.6) is 11.5 Å². The fraction of sp³-hybridized carbons (Fsp3) is 0.350. The molecule has 0 radical (unpaired) electrons. The first-order valence-corrected chi connectivity index (χ1v) is 8.64. The van der Waals surface area contributed by atoms with Crippen molar-refractivity contribution in [2.45, 2.75) is 33.9 Å². The zero-order valence-corrected chi connectivity index (χ0v) is 17.9. The lowest BCUT2D eigenvalue weighted by Crippen LogP contribution is -2.36. The molecule has 2 rings (SSSR count). The van der Waals surface area contributed by atoms with E-state index in [1.165, 1.54) is 11.1 Å². The van der Waals surface area contributed by atoms with E-state index in [9.17, 15) is 5.11 Å². The normalized spacial score (nSPS) is 10.8. The zero-order chi connectivity index (χ0) is 18.1. The quantitative estimate of drug-likeness (QED) is 0.326. The second-order valence-electron chi connectivity index (χ2n) is 5.77. The number of phenolic OH excluding ortho intramolecular Hbond substituents is 1. The third-order valence-electron chi connectivity index (χ3n) is 3.67. The predicted octanol–water partition coefficient (Wildman–Crippen LogP) is 3.97. The highest BCUT2D eigenvalue weighted by Crippen LogP contribution is 2.27. The lowest BCUT2D eigenvalue weighted by atomic mass is 10.1. The summed E-state index contributed by atoms with van der Waals surface area (Å²) in [6, 6.07) is 13.7. The van der Waals surface area contributed by atoms with Crippen LogP contribution in [-0.2, 0) is 13.1 Å². The topological polar surface area (TPSA) is 65.9 Å². The Morgan fingerprint density at radius 3 is 2.38 bits per heavy atom. The minimum Gasteiger partial charge on any atom is -0.504 e. The standard InChI is InChI=1S/C20H27N3O2.HI/c1-4-21-20(22-13-16-8-6-15(3)7-9-16)23-14-17-10-11-18(24)19(12-17)25-5-2;/h6-12,24H,4-5,13-14H2,1-3H3,(H2,21,22,23);1H. The Balaban J connectivity index is 0.00000338. The van der Waals surface area contributed by atoms with E-state index in [0.29, 0.717) is 25.4 Å².